The van der Waals surface area contributed by atoms with Gasteiger partial charge in [-0.2, -0.15) is 0 Å². The van der Waals surface area contributed by atoms with E-state index in [1.54, 1.807) is 30.6 Å². The van der Waals surface area contributed by atoms with Crippen LogP contribution in [-0.4, -0.2) is 15.9 Å². The molecule has 0 aliphatic heterocycles. The van der Waals surface area contributed by atoms with E-state index in [1.165, 1.54) is 0 Å². The third kappa shape index (κ3) is 2.39. The van der Waals surface area contributed by atoms with Gasteiger partial charge < -0.3 is 11.1 Å². The molecule has 0 aromatic carbocycles. The summed E-state index contributed by atoms with van der Waals surface area (Å²) in [5.74, 6) is 0.0380. The summed E-state index contributed by atoms with van der Waals surface area (Å²) in [5, 5.41) is 2.63. The monoisotopic (exact) mass is 228 g/mol. The van der Waals surface area contributed by atoms with Gasteiger partial charge in [0.2, 0.25) is 0 Å². The minimum absolute atomic E-state index is 0.312. The van der Waals surface area contributed by atoms with E-state index >= 15 is 0 Å². The predicted molar refractivity (Wildman–Crippen MR) is 65.6 cm³/mol. The van der Waals surface area contributed by atoms with Gasteiger partial charge in [-0.25, -0.2) is 4.98 Å². The third-order valence-electron chi connectivity index (χ3n) is 2.30. The van der Waals surface area contributed by atoms with Gasteiger partial charge >= 0.3 is 0 Å². The number of hydrogen-bond acceptors (Lipinski definition) is 4. The predicted octanol–water partition coefficient (Wildman–Crippen LogP) is 1.62. The van der Waals surface area contributed by atoms with E-state index in [0.29, 0.717) is 17.2 Å². The SMILES string of the molecule is Cc1cccnc1C(=O)Nc1ncccc1N. The van der Waals surface area contributed by atoms with Crippen molar-refractivity contribution < 1.29 is 4.79 Å². The minimum Gasteiger partial charge on any atom is -0.396 e. The molecule has 5 nitrogen and oxygen atoms in total. The van der Waals surface area contributed by atoms with E-state index < -0.39 is 0 Å². The van der Waals surface area contributed by atoms with Crippen molar-refractivity contribution in [2.75, 3.05) is 11.1 Å². The molecule has 2 rings (SSSR count). The van der Waals surface area contributed by atoms with Crippen LogP contribution in [0.4, 0.5) is 11.5 Å². The number of amides is 1. The number of nitrogens with two attached hydrogens (primary N) is 1. The van der Waals surface area contributed by atoms with E-state index in [9.17, 15) is 4.79 Å². The maximum atomic E-state index is 11.9. The molecule has 0 spiro atoms. The molecule has 0 saturated heterocycles. The van der Waals surface area contributed by atoms with Crippen LogP contribution in [0.5, 0.6) is 0 Å². The lowest BCUT2D eigenvalue weighted by Crippen LogP contribution is -2.16. The Kier molecular flexibility index (Phi) is 3.00. The standard InChI is InChI=1S/C12H12N4O/c1-8-4-2-6-14-10(8)12(17)16-11-9(13)5-3-7-15-11/h2-7H,13H2,1H3,(H,15,16,17). The highest BCUT2D eigenvalue weighted by Crippen LogP contribution is 2.14. The lowest BCUT2D eigenvalue weighted by Gasteiger charge is -2.07. The Morgan fingerprint density at radius 1 is 1.24 bits per heavy atom. The van der Waals surface area contributed by atoms with E-state index in [1.807, 2.05) is 13.0 Å². The average molecular weight is 228 g/mol. The van der Waals surface area contributed by atoms with E-state index in [4.69, 9.17) is 5.73 Å². The first-order valence-electron chi connectivity index (χ1n) is 5.12. The summed E-state index contributed by atoms with van der Waals surface area (Å²) in [7, 11) is 0. The Bertz CT molecular complexity index is 554. The van der Waals surface area contributed by atoms with Crippen molar-refractivity contribution in [1.29, 1.82) is 0 Å². The van der Waals surface area contributed by atoms with Gasteiger partial charge in [-0.3, -0.25) is 9.78 Å². The average Bonchev–Trinajstić information content (AvgIpc) is 2.32. The van der Waals surface area contributed by atoms with Crippen LogP contribution < -0.4 is 11.1 Å². The van der Waals surface area contributed by atoms with E-state index in [0.717, 1.165) is 5.56 Å². The van der Waals surface area contributed by atoms with Crippen molar-refractivity contribution in [3.05, 3.63) is 47.9 Å². The number of aromatic nitrogens is 2. The Hall–Kier alpha value is -2.43. The van der Waals surface area contributed by atoms with Gasteiger partial charge in [0, 0.05) is 12.4 Å². The quantitative estimate of drug-likeness (QED) is 0.818. The second-order valence-corrected chi connectivity index (χ2v) is 3.56. The smallest absolute Gasteiger partial charge is 0.275 e. The molecule has 17 heavy (non-hydrogen) atoms. The van der Waals surface area contributed by atoms with Crippen LogP contribution in [0.3, 0.4) is 0 Å². The molecule has 0 radical (unpaired) electrons. The van der Waals surface area contributed by atoms with Crippen molar-refractivity contribution >= 4 is 17.4 Å². The fourth-order valence-corrected chi connectivity index (χ4v) is 1.41. The van der Waals surface area contributed by atoms with Gasteiger partial charge in [0.25, 0.3) is 5.91 Å². The molecular formula is C12H12N4O. The fraction of sp³-hybridized carbons (Fsp3) is 0.0833. The molecule has 0 fully saturated rings. The lowest BCUT2D eigenvalue weighted by atomic mass is 10.2. The second kappa shape index (κ2) is 4.61. The normalized spacial score (nSPS) is 9.94. The number of pyridine rings is 2. The van der Waals surface area contributed by atoms with E-state index in [2.05, 4.69) is 15.3 Å². The molecule has 5 heteroatoms. The molecule has 1 amide bonds. The molecule has 3 N–H and O–H groups in total. The van der Waals surface area contributed by atoms with Crippen molar-refractivity contribution in [3.63, 3.8) is 0 Å². The first kappa shape index (κ1) is 11.1. The van der Waals surface area contributed by atoms with Crippen LogP contribution in [0, 0.1) is 6.92 Å². The van der Waals surface area contributed by atoms with Crippen molar-refractivity contribution in [1.82, 2.24) is 9.97 Å². The van der Waals surface area contributed by atoms with Gasteiger partial charge in [-0.1, -0.05) is 6.07 Å². The number of nitrogens with one attached hydrogen (secondary N) is 1. The Morgan fingerprint density at radius 3 is 2.65 bits per heavy atom. The van der Waals surface area contributed by atoms with E-state index in [-0.39, 0.29) is 5.91 Å². The van der Waals surface area contributed by atoms with Crippen LogP contribution in [0.25, 0.3) is 0 Å². The van der Waals surface area contributed by atoms with Crippen LogP contribution in [0.1, 0.15) is 16.1 Å². The molecule has 0 bridgehead atoms. The first-order valence-corrected chi connectivity index (χ1v) is 5.12. The van der Waals surface area contributed by atoms with Gasteiger partial charge in [0.05, 0.1) is 5.69 Å². The summed E-state index contributed by atoms with van der Waals surface area (Å²) in [4.78, 5) is 19.9. The molecule has 2 aromatic rings. The zero-order valence-electron chi connectivity index (χ0n) is 9.34. The van der Waals surface area contributed by atoms with Crippen LogP contribution >= 0.6 is 0 Å². The number of carbonyl (C=O) groups is 1. The summed E-state index contributed by atoms with van der Waals surface area (Å²) in [6, 6.07) is 6.98. The maximum absolute atomic E-state index is 11.9. The number of rotatable bonds is 2. The Balaban J connectivity index is 2.24. The highest BCUT2D eigenvalue weighted by Gasteiger charge is 2.11. The van der Waals surface area contributed by atoms with Gasteiger partial charge in [-0.15, -0.1) is 0 Å². The number of nitrogens with zero attached hydrogens (tertiary/aromatic N) is 2. The third-order valence-corrected chi connectivity index (χ3v) is 2.30. The van der Waals surface area contributed by atoms with Gasteiger partial charge in [-0.05, 0) is 30.7 Å². The molecule has 0 aliphatic carbocycles. The Labute approximate surface area is 98.7 Å². The van der Waals surface area contributed by atoms with Crippen LogP contribution in [-0.2, 0) is 0 Å². The van der Waals surface area contributed by atoms with Gasteiger partial charge in [0.1, 0.15) is 5.69 Å². The van der Waals surface area contributed by atoms with Crippen molar-refractivity contribution in [2.45, 2.75) is 6.92 Å². The lowest BCUT2D eigenvalue weighted by molar-refractivity contribution is 0.102. The topological polar surface area (TPSA) is 80.9 Å². The van der Waals surface area contributed by atoms with Crippen LogP contribution in [0.15, 0.2) is 36.7 Å². The molecule has 0 unspecified atom stereocenters. The molecule has 0 aliphatic rings. The van der Waals surface area contributed by atoms with Gasteiger partial charge in [0.15, 0.2) is 5.82 Å². The zero-order valence-corrected chi connectivity index (χ0v) is 9.34. The number of anilines is 2. The molecule has 2 aromatic heterocycles. The number of hydrogen-bond donors (Lipinski definition) is 2. The van der Waals surface area contributed by atoms with Crippen molar-refractivity contribution in [3.8, 4) is 0 Å². The maximum Gasteiger partial charge on any atom is 0.275 e. The summed E-state index contributed by atoms with van der Waals surface area (Å²) < 4.78 is 0. The highest BCUT2D eigenvalue weighted by molar-refractivity contribution is 6.04. The summed E-state index contributed by atoms with van der Waals surface area (Å²) >= 11 is 0. The second-order valence-electron chi connectivity index (χ2n) is 3.56. The zero-order chi connectivity index (χ0) is 12.3. The highest BCUT2D eigenvalue weighted by atomic mass is 16.1. The minimum atomic E-state index is -0.312. The number of carbonyl (C=O) groups excluding carboxylic acids is 1. The molecule has 0 atom stereocenters. The fourth-order valence-electron chi connectivity index (χ4n) is 1.41. The molecule has 86 valence electrons. The largest absolute Gasteiger partial charge is 0.396 e. The summed E-state index contributed by atoms with van der Waals surface area (Å²) in [6.45, 7) is 1.82. The molecule has 2 heterocycles. The van der Waals surface area contributed by atoms with Crippen molar-refractivity contribution in [2.24, 2.45) is 0 Å². The molecular weight excluding hydrogens is 216 g/mol. The number of aryl methyl sites for hydroxylation is 1. The first-order chi connectivity index (χ1) is 8.18. The summed E-state index contributed by atoms with van der Waals surface area (Å²) in [5.41, 5.74) is 7.29. The Morgan fingerprint density at radius 2 is 1.94 bits per heavy atom. The number of nitrogen functional groups attached to an aromatic ring is 1. The van der Waals surface area contributed by atoms with Crippen LogP contribution in [0.2, 0.25) is 0 Å². The summed E-state index contributed by atoms with van der Waals surface area (Å²) in [6.07, 6.45) is 3.14. The molecule has 0 saturated carbocycles.